The van der Waals surface area contributed by atoms with Crippen LogP contribution in [0.15, 0.2) is 66.9 Å². The maximum Gasteiger partial charge on any atom is 0.270 e. The van der Waals surface area contributed by atoms with Gasteiger partial charge in [0, 0.05) is 63.4 Å². The molecule has 10 heteroatoms. The standard InChI is InChI=1S/C38H50N6O4/c1-4-33(45)25-30(38(48)44-22-21-42(2)26-32(44)24-27-11-7-5-8-12-27)23-28-15-17-31(18-16-28)40-37(47)35(29-13-9-6-10-14-29)41-36(46)34-19-20-39-43(34)3/h5,7-8,11-12,15-20,29-30,32,35H,4,6,9-10,13-14,21-26H2,1-3H3,(H,40,47)(H,41,46)/t30-,32-,35-/m0/s1. The Labute approximate surface area is 284 Å². The van der Waals surface area contributed by atoms with Crippen molar-refractivity contribution in [2.75, 3.05) is 32.0 Å². The van der Waals surface area contributed by atoms with Crippen LogP contribution in [-0.2, 0) is 34.3 Å². The number of aromatic nitrogens is 2. The molecule has 48 heavy (non-hydrogen) atoms. The number of benzene rings is 2. The number of likely N-dealkylation sites (N-methyl/N-ethyl adjacent to an activating group) is 1. The van der Waals surface area contributed by atoms with Crippen molar-refractivity contribution >= 4 is 29.2 Å². The molecule has 2 heterocycles. The van der Waals surface area contributed by atoms with E-state index < -0.39 is 12.0 Å². The molecule has 10 nitrogen and oxygen atoms in total. The van der Waals surface area contributed by atoms with E-state index in [4.69, 9.17) is 0 Å². The lowest BCUT2D eigenvalue weighted by molar-refractivity contribution is -0.142. The average Bonchev–Trinajstić information content (AvgIpc) is 3.54. The Bertz CT molecular complexity index is 1530. The van der Waals surface area contributed by atoms with Crippen LogP contribution in [0.4, 0.5) is 5.69 Å². The molecule has 3 atom stereocenters. The summed E-state index contributed by atoms with van der Waals surface area (Å²) in [5.41, 5.74) is 3.14. The monoisotopic (exact) mass is 654 g/mol. The van der Waals surface area contributed by atoms with Crippen molar-refractivity contribution in [3.05, 3.63) is 83.7 Å². The Balaban J connectivity index is 1.27. The zero-order valence-electron chi connectivity index (χ0n) is 28.6. The first kappa shape index (κ1) is 35.0. The number of piperazine rings is 1. The lowest BCUT2D eigenvalue weighted by atomic mass is 9.83. The number of anilines is 1. The zero-order valence-corrected chi connectivity index (χ0v) is 28.6. The minimum absolute atomic E-state index is 0.0303. The Morgan fingerprint density at radius 3 is 2.29 bits per heavy atom. The lowest BCUT2D eigenvalue weighted by Crippen LogP contribution is -2.56. The van der Waals surface area contributed by atoms with Crippen molar-refractivity contribution in [1.29, 1.82) is 0 Å². The number of carbonyl (C=O) groups is 4. The van der Waals surface area contributed by atoms with Crippen LogP contribution < -0.4 is 10.6 Å². The zero-order chi connectivity index (χ0) is 34.0. The molecule has 256 valence electrons. The molecule has 0 unspecified atom stereocenters. The summed E-state index contributed by atoms with van der Waals surface area (Å²) in [7, 11) is 3.79. The van der Waals surface area contributed by atoms with E-state index in [-0.39, 0.29) is 41.9 Å². The Kier molecular flexibility index (Phi) is 12.2. The molecular weight excluding hydrogens is 604 g/mol. The topological polar surface area (TPSA) is 117 Å². The number of nitrogens with zero attached hydrogens (tertiary/aromatic N) is 4. The molecule has 2 N–H and O–H groups in total. The highest BCUT2D eigenvalue weighted by Crippen LogP contribution is 2.28. The van der Waals surface area contributed by atoms with Gasteiger partial charge in [0.25, 0.3) is 5.91 Å². The lowest BCUT2D eigenvalue weighted by Gasteiger charge is -2.41. The highest BCUT2D eigenvalue weighted by molar-refractivity contribution is 6.00. The quantitative estimate of drug-likeness (QED) is 0.277. The second-order valence-electron chi connectivity index (χ2n) is 13.5. The molecule has 1 aromatic heterocycles. The summed E-state index contributed by atoms with van der Waals surface area (Å²) < 4.78 is 1.50. The van der Waals surface area contributed by atoms with E-state index in [1.165, 1.54) is 10.2 Å². The molecule has 0 radical (unpaired) electrons. The van der Waals surface area contributed by atoms with Gasteiger partial charge < -0.3 is 20.4 Å². The molecular formula is C38H50N6O4. The van der Waals surface area contributed by atoms with Crippen LogP contribution in [0.25, 0.3) is 0 Å². The van der Waals surface area contributed by atoms with Gasteiger partial charge in [-0.15, -0.1) is 0 Å². The van der Waals surface area contributed by atoms with E-state index in [2.05, 4.69) is 39.8 Å². The van der Waals surface area contributed by atoms with E-state index in [0.29, 0.717) is 30.8 Å². The van der Waals surface area contributed by atoms with Crippen LogP contribution in [0.5, 0.6) is 0 Å². The van der Waals surface area contributed by atoms with Crippen LogP contribution in [0.2, 0.25) is 0 Å². The number of nitrogens with one attached hydrogen (secondary N) is 2. The molecule has 2 aromatic carbocycles. The van der Waals surface area contributed by atoms with Crippen molar-refractivity contribution in [1.82, 2.24) is 24.9 Å². The number of aryl methyl sites for hydroxylation is 1. The number of amides is 3. The smallest absolute Gasteiger partial charge is 0.270 e. The molecule has 3 aromatic rings. The van der Waals surface area contributed by atoms with E-state index >= 15 is 0 Å². The SMILES string of the molecule is CCC(=O)C[C@H](Cc1ccc(NC(=O)[C@@H](NC(=O)c2ccnn2C)C2CCCCC2)cc1)C(=O)N1CCN(C)C[C@@H]1Cc1ccccc1. The molecule has 2 aliphatic rings. The Morgan fingerprint density at radius 1 is 0.896 bits per heavy atom. The summed E-state index contributed by atoms with van der Waals surface area (Å²) >= 11 is 0. The third kappa shape index (κ3) is 9.18. The van der Waals surface area contributed by atoms with Crippen LogP contribution in [0.3, 0.4) is 0 Å². The number of rotatable bonds is 13. The van der Waals surface area contributed by atoms with E-state index in [1.807, 2.05) is 54.3 Å². The summed E-state index contributed by atoms with van der Waals surface area (Å²) in [6, 6.07) is 18.8. The minimum Gasteiger partial charge on any atom is -0.339 e. The van der Waals surface area contributed by atoms with Gasteiger partial charge in [-0.2, -0.15) is 5.10 Å². The van der Waals surface area contributed by atoms with Gasteiger partial charge in [0.15, 0.2) is 0 Å². The van der Waals surface area contributed by atoms with Gasteiger partial charge in [-0.3, -0.25) is 23.9 Å². The van der Waals surface area contributed by atoms with Gasteiger partial charge in [0.05, 0.1) is 0 Å². The normalized spacial score (nSPS) is 18.6. The second-order valence-corrected chi connectivity index (χ2v) is 13.5. The maximum absolute atomic E-state index is 14.2. The van der Waals surface area contributed by atoms with Crippen molar-refractivity contribution in [3.63, 3.8) is 0 Å². The number of Topliss-reactive ketones (excluding diaryl/α,β-unsaturated/α-hetero) is 1. The number of hydrogen-bond acceptors (Lipinski definition) is 6. The maximum atomic E-state index is 14.2. The summed E-state index contributed by atoms with van der Waals surface area (Å²) in [5.74, 6) is -0.863. The minimum atomic E-state index is -0.665. The molecule has 1 saturated heterocycles. The molecule has 3 amide bonds. The fourth-order valence-corrected chi connectivity index (χ4v) is 7.17. The summed E-state index contributed by atoms with van der Waals surface area (Å²) in [4.78, 5) is 57.8. The first-order chi connectivity index (χ1) is 23.2. The fourth-order valence-electron chi connectivity index (χ4n) is 7.17. The number of carbonyl (C=O) groups excluding carboxylic acids is 4. The van der Waals surface area contributed by atoms with E-state index in [1.54, 1.807) is 19.3 Å². The van der Waals surface area contributed by atoms with Crippen molar-refractivity contribution in [3.8, 4) is 0 Å². The van der Waals surface area contributed by atoms with Crippen molar-refractivity contribution < 1.29 is 19.2 Å². The van der Waals surface area contributed by atoms with E-state index in [9.17, 15) is 19.2 Å². The Hall–Kier alpha value is -4.31. The summed E-state index contributed by atoms with van der Waals surface area (Å²) in [5, 5.41) is 10.1. The second kappa shape index (κ2) is 16.7. The molecule has 0 bridgehead atoms. The molecule has 1 saturated carbocycles. The fraction of sp³-hybridized carbons (Fsp3) is 0.500. The van der Waals surface area contributed by atoms with Gasteiger partial charge in [0.2, 0.25) is 11.8 Å². The third-order valence-corrected chi connectivity index (χ3v) is 9.95. The average molecular weight is 655 g/mol. The van der Waals surface area contributed by atoms with Gasteiger partial charge >= 0.3 is 0 Å². The predicted octanol–water partition coefficient (Wildman–Crippen LogP) is 4.65. The molecule has 1 aliphatic heterocycles. The number of hydrogen-bond donors (Lipinski definition) is 2. The third-order valence-electron chi connectivity index (χ3n) is 9.95. The summed E-state index contributed by atoms with van der Waals surface area (Å²) in [6.07, 6.45) is 8.34. The van der Waals surface area contributed by atoms with Gasteiger partial charge in [-0.25, -0.2) is 0 Å². The highest BCUT2D eigenvalue weighted by Gasteiger charge is 2.35. The van der Waals surface area contributed by atoms with Crippen molar-refractivity contribution in [2.24, 2.45) is 18.9 Å². The van der Waals surface area contributed by atoms with E-state index in [0.717, 1.165) is 57.2 Å². The highest BCUT2D eigenvalue weighted by atomic mass is 16.2. The van der Waals surface area contributed by atoms with Crippen LogP contribution in [-0.4, -0.2) is 81.9 Å². The molecule has 0 spiro atoms. The number of ketones is 1. The largest absolute Gasteiger partial charge is 0.339 e. The first-order valence-corrected chi connectivity index (χ1v) is 17.4. The summed E-state index contributed by atoms with van der Waals surface area (Å²) in [6.45, 7) is 4.06. The van der Waals surface area contributed by atoms with Crippen LogP contribution in [0, 0.1) is 11.8 Å². The predicted molar refractivity (Wildman–Crippen MR) is 186 cm³/mol. The van der Waals surface area contributed by atoms with Crippen molar-refractivity contribution in [2.45, 2.75) is 76.8 Å². The molecule has 1 aliphatic carbocycles. The molecule has 5 rings (SSSR count). The first-order valence-electron chi connectivity index (χ1n) is 17.4. The Morgan fingerprint density at radius 2 is 1.62 bits per heavy atom. The van der Waals surface area contributed by atoms with Gasteiger partial charge in [-0.05, 0) is 68.0 Å². The van der Waals surface area contributed by atoms with Gasteiger partial charge in [-0.1, -0.05) is 68.7 Å². The van der Waals surface area contributed by atoms with Crippen LogP contribution in [0.1, 0.15) is 73.5 Å². The molecule has 2 fully saturated rings. The van der Waals surface area contributed by atoms with Crippen LogP contribution >= 0.6 is 0 Å². The van der Waals surface area contributed by atoms with Gasteiger partial charge in [0.1, 0.15) is 17.5 Å².